The molecule has 0 aliphatic heterocycles. The lowest BCUT2D eigenvalue weighted by Gasteiger charge is -2.25. The van der Waals surface area contributed by atoms with Crippen molar-refractivity contribution in [2.24, 2.45) is 0 Å². The van der Waals surface area contributed by atoms with Crippen LogP contribution in [0.4, 0.5) is 5.69 Å². The van der Waals surface area contributed by atoms with Crippen LogP contribution >= 0.6 is 0 Å². The molecule has 3 amide bonds. The van der Waals surface area contributed by atoms with E-state index in [9.17, 15) is 28.1 Å². The van der Waals surface area contributed by atoms with Crippen molar-refractivity contribution in [3.05, 3.63) is 138 Å². The monoisotopic (exact) mass is 677 g/mol. The molecule has 0 atom stereocenters. The van der Waals surface area contributed by atoms with E-state index in [0.29, 0.717) is 22.3 Å². The number of nitriles is 1. The number of sulfonamides is 1. The number of furan rings is 2. The zero-order chi connectivity index (χ0) is 35.2. The second-order valence-electron chi connectivity index (χ2n) is 11.7. The molecule has 0 saturated heterocycles. The first kappa shape index (κ1) is 34.1. The van der Waals surface area contributed by atoms with Gasteiger partial charge in [0, 0.05) is 11.1 Å². The van der Waals surface area contributed by atoms with Gasteiger partial charge in [-0.05, 0) is 92.6 Å². The minimum atomic E-state index is -3.91. The number of amides is 3. The topological polar surface area (TPSA) is 175 Å². The Morgan fingerprint density at radius 1 is 0.816 bits per heavy atom. The molecule has 5 rings (SSSR count). The highest BCUT2D eigenvalue weighted by atomic mass is 32.2. The molecule has 0 bridgehead atoms. The lowest BCUT2D eigenvalue weighted by Crippen LogP contribution is -2.49. The van der Waals surface area contributed by atoms with E-state index in [0.717, 1.165) is 5.01 Å². The van der Waals surface area contributed by atoms with Crippen LogP contribution in [-0.4, -0.2) is 31.7 Å². The van der Waals surface area contributed by atoms with Gasteiger partial charge in [0.2, 0.25) is 10.0 Å². The number of carbonyl (C=O) groups excluding carboxylic acids is 3. The van der Waals surface area contributed by atoms with Crippen LogP contribution in [0.2, 0.25) is 0 Å². The summed E-state index contributed by atoms with van der Waals surface area (Å²) in [4.78, 5) is 40.6. The molecular weight excluding hydrogens is 646 g/mol. The maximum absolute atomic E-state index is 14.3. The Morgan fingerprint density at radius 2 is 1.47 bits per heavy atom. The Hall–Kier alpha value is -6.23. The van der Waals surface area contributed by atoms with Crippen molar-refractivity contribution in [2.75, 3.05) is 5.01 Å². The fourth-order valence-corrected chi connectivity index (χ4v) is 6.36. The van der Waals surface area contributed by atoms with Crippen LogP contribution in [0.25, 0.3) is 17.2 Å². The van der Waals surface area contributed by atoms with E-state index >= 15 is 0 Å². The number of hydrazine groups is 1. The van der Waals surface area contributed by atoms with Crippen LogP contribution in [-0.2, 0) is 14.8 Å². The van der Waals surface area contributed by atoms with Gasteiger partial charge in [-0.15, -0.1) is 0 Å². The van der Waals surface area contributed by atoms with Crippen molar-refractivity contribution in [1.82, 2.24) is 15.5 Å². The summed E-state index contributed by atoms with van der Waals surface area (Å²) in [6, 6.07) is 26.9. The van der Waals surface area contributed by atoms with E-state index in [-0.39, 0.29) is 27.8 Å². The molecule has 13 heteroatoms. The molecule has 0 spiro atoms. The molecule has 0 radical (unpaired) electrons. The van der Waals surface area contributed by atoms with Crippen molar-refractivity contribution < 1.29 is 31.6 Å². The van der Waals surface area contributed by atoms with Crippen molar-refractivity contribution in [2.45, 2.75) is 31.2 Å². The molecule has 0 aliphatic carbocycles. The normalized spacial score (nSPS) is 11.8. The fourth-order valence-electron chi connectivity index (χ4n) is 4.71. The zero-order valence-corrected chi connectivity index (χ0v) is 27.4. The number of carbonyl (C=O) groups is 3. The summed E-state index contributed by atoms with van der Waals surface area (Å²) in [5.74, 6) is -2.54. The van der Waals surface area contributed by atoms with Gasteiger partial charge in [0.1, 0.15) is 5.70 Å². The van der Waals surface area contributed by atoms with Crippen molar-refractivity contribution in [3.8, 4) is 17.2 Å². The quantitative estimate of drug-likeness (QED) is 0.133. The van der Waals surface area contributed by atoms with Crippen LogP contribution in [0.1, 0.15) is 53.0 Å². The van der Waals surface area contributed by atoms with Gasteiger partial charge >= 0.3 is 5.91 Å². The van der Waals surface area contributed by atoms with E-state index in [2.05, 4.69) is 15.5 Å². The number of hydrogen-bond donors (Lipinski definition) is 3. The summed E-state index contributed by atoms with van der Waals surface area (Å²) in [5, 5.41) is 12.9. The lowest BCUT2D eigenvalue weighted by molar-refractivity contribution is -0.115. The van der Waals surface area contributed by atoms with Gasteiger partial charge in [-0.1, -0.05) is 42.5 Å². The van der Waals surface area contributed by atoms with Crippen LogP contribution in [0.15, 0.2) is 129 Å². The first-order chi connectivity index (χ1) is 23.3. The minimum Gasteiger partial charge on any atom is -0.459 e. The second-order valence-corrected chi connectivity index (χ2v) is 13.3. The van der Waals surface area contributed by atoms with Crippen molar-refractivity contribution in [1.29, 1.82) is 5.26 Å². The van der Waals surface area contributed by atoms with Crippen LogP contribution in [0.5, 0.6) is 0 Å². The lowest BCUT2D eigenvalue weighted by atomic mass is 10.1. The third kappa shape index (κ3) is 8.38. The highest BCUT2D eigenvalue weighted by Crippen LogP contribution is 2.30. The van der Waals surface area contributed by atoms with Crippen molar-refractivity contribution >= 4 is 39.5 Å². The third-order valence-corrected chi connectivity index (χ3v) is 8.58. The van der Waals surface area contributed by atoms with E-state index in [1.807, 2.05) is 6.07 Å². The largest absolute Gasteiger partial charge is 0.459 e. The molecule has 2 aromatic heterocycles. The first-order valence-corrected chi connectivity index (χ1v) is 16.3. The molecule has 49 heavy (non-hydrogen) atoms. The standard InChI is InChI=1S/C36H31N5O7S/c1-36(2,3)40-49(45,46)32-14-5-4-11-28(32)26-15-17-27(18-16-26)41(39-34(43)31-13-8-20-48-31)35(44)29(38-33(42)30-12-7-19-47-30)22-24-9-6-10-25(21-24)23-37/h4-22,40H,1-3H3,(H,38,42)(H,39,43). The Labute approximate surface area is 282 Å². The molecule has 2 heterocycles. The molecule has 3 aromatic carbocycles. The highest BCUT2D eigenvalue weighted by molar-refractivity contribution is 7.89. The SMILES string of the molecule is CC(C)(C)NS(=O)(=O)c1ccccc1-c1ccc(N(NC(=O)c2ccco2)C(=O)C(=Cc2cccc(C#N)c2)NC(=O)c2ccco2)cc1. The number of nitrogens with one attached hydrogen (secondary N) is 3. The van der Waals surface area contributed by atoms with Crippen molar-refractivity contribution in [3.63, 3.8) is 0 Å². The van der Waals surface area contributed by atoms with Crippen LogP contribution in [0.3, 0.4) is 0 Å². The summed E-state index contributed by atoms with van der Waals surface area (Å²) >= 11 is 0. The van der Waals surface area contributed by atoms with Gasteiger partial charge < -0.3 is 14.2 Å². The van der Waals surface area contributed by atoms with Gasteiger partial charge in [-0.25, -0.2) is 18.1 Å². The predicted molar refractivity (Wildman–Crippen MR) is 181 cm³/mol. The fraction of sp³-hybridized carbons (Fsp3) is 0.111. The Morgan fingerprint density at radius 3 is 2.08 bits per heavy atom. The van der Waals surface area contributed by atoms with Crippen LogP contribution < -0.4 is 20.5 Å². The summed E-state index contributed by atoms with van der Waals surface area (Å²) in [6.07, 6.45) is 3.96. The van der Waals surface area contributed by atoms with E-state index in [1.165, 1.54) is 67.1 Å². The number of nitrogens with zero attached hydrogens (tertiary/aromatic N) is 2. The average Bonchev–Trinajstić information content (AvgIpc) is 3.82. The Kier molecular flexibility index (Phi) is 9.93. The molecule has 0 unspecified atom stereocenters. The minimum absolute atomic E-state index is 0.0576. The van der Waals surface area contributed by atoms with E-state index in [1.54, 1.807) is 69.3 Å². The zero-order valence-electron chi connectivity index (χ0n) is 26.6. The molecule has 5 aromatic rings. The maximum atomic E-state index is 14.3. The van der Waals surface area contributed by atoms with Gasteiger partial charge in [-0.2, -0.15) is 5.26 Å². The summed E-state index contributed by atoms with van der Waals surface area (Å²) < 4.78 is 39.7. The number of hydrogen-bond acceptors (Lipinski definition) is 8. The molecular formula is C36H31N5O7S. The third-order valence-electron chi connectivity index (χ3n) is 6.77. The van der Waals surface area contributed by atoms with Gasteiger partial charge in [-0.3, -0.25) is 19.8 Å². The highest BCUT2D eigenvalue weighted by Gasteiger charge is 2.28. The summed E-state index contributed by atoms with van der Waals surface area (Å²) in [5.41, 5.74) is 3.34. The summed E-state index contributed by atoms with van der Waals surface area (Å²) in [7, 11) is -3.91. The molecule has 12 nitrogen and oxygen atoms in total. The summed E-state index contributed by atoms with van der Waals surface area (Å²) in [6.45, 7) is 5.22. The first-order valence-electron chi connectivity index (χ1n) is 14.8. The number of rotatable bonds is 9. The maximum Gasteiger partial charge on any atom is 0.305 e. The average molecular weight is 678 g/mol. The van der Waals surface area contributed by atoms with Gasteiger partial charge in [0.05, 0.1) is 34.7 Å². The van der Waals surface area contributed by atoms with E-state index < -0.39 is 33.3 Å². The second kappa shape index (κ2) is 14.3. The van der Waals surface area contributed by atoms with E-state index in [4.69, 9.17) is 8.83 Å². The molecule has 248 valence electrons. The van der Waals surface area contributed by atoms with Crippen LogP contribution in [0, 0.1) is 11.3 Å². The smallest absolute Gasteiger partial charge is 0.305 e. The molecule has 0 aliphatic rings. The Bertz CT molecular complexity index is 2160. The molecule has 0 saturated carbocycles. The van der Waals surface area contributed by atoms with Gasteiger partial charge in [0.25, 0.3) is 11.8 Å². The number of benzene rings is 3. The molecule has 0 fully saturated rings. The van der Waals surface area contributed by atoms with Gasteiger partial charge in [0.15, 0.2) is 11.5 Å². The predicted octanol–water partition coefficient (Wildman–Crippen LogP) is 5.64. The number of anilines is 1. The molecule has 3 N–H and O–H groups in total. The Balaban J connectivity index is 1.57.